The summed E-state index contributed by atoms with van der Waals surface area (Å²) in [5.41, 5.74) is 3.17. The number of carbonyl (C=O) groups is 1. The van der Waals surface area contributed by atoms with Gasteiger partial charge in [-0.3, -0.25) is 9.10 Å². The number of nitrogens with zero attached hydrogens (tertiary/aromatic N) is 2. The molecule has 0 aliphatic rings. The van der Waals surface area contributed by atoms with Crippen LogP contribution in [0.25, 0.3) is 0 Å². The molecule has 0 bridgehead atoms. The van der Waals surface area contributed by atoms with Gasteiger partial charge < -0.3 is 4.90 Å². The number of carbonyl (C=O) groups excluding carboxylic acids is 1. The van der Waals surface area contributed by atoms with Crippen LogP contribution in [0.2, 0.25) is 0 Å². The average molecular weight is 423 g/mol. The van der Waals surface area contributed by atoms with Crippen LogP contribution in [-0.2, 0) is 23.1 Å². The van der Waals surface area contributed by atoms with Gasteiger partial charge in [-0.15, -0.1) is 0 Å². The molecule has 1 amide bonds. The van der Waals surface area contributed by atoms with Gasteiger partial charge in [0.2, 0.25) is 10.0 Å². The van der Waals surface area contributed by atoms with Crippen molar-refractivity contribution in [1.29, 1.82) is 0 Å². The Hall–Kier alpha value is -3.12. The van der Waals surface area contributed by atoms with Crippen molar-refractivity contribution in [2.45, 2.75) is 20.0 Å². The lowest BCUT2D eigenvalue weighted by molar-refractivity contribution is 0.0730. The topological polar surface area (TPSA) is 57.7 Å². The van der Waals surface area contributed by atoms with Crippen LogP contribution in [-0.4, -0.2) is 32.0 Å². The van der Waals surface area contributed by atoms with Crippen LogP contribution in [0.3, 0.4) is 0 Å². The van der Waals surface area contributed by atoms with E-state index in [9.17, 15) is 13.2 Å². The molecule has 0 unspecified atom stereocenters. The van der Waals surface area contributed by atoms with Gasteiger partial charge in [-0.2, -0.15) is 0 Å². The van der Waals surface area contributed by atoms with Crippen LogP contribution in [0.4, 0.5) is 5.69 Å². The predicted molar refractivity (Wildman–Crippen MR) is 121 cm³/mol. The zero-order valence-corrected chi connectivity index (χ0v) is 18.0. The molecule has 0 fully saturated rings. The zero-order valence-electron chi connectivity index (χ0n) is 17.2. The maximum absolute atomic E-state index is 13.3. The van der Waals surface area contributed by atoms with Crippen LogP contribution in [0.15, 0.2) is 84.9 Å². The third-order valence-corrected chi connectivity index (χ3v) is 6.08. The number of benzene rings is 3. The molecule has 156 valence electrons. The molecule has 0 atom stereocenters. The number of amides is 1. The second kappa shape index (κ2) is 9.59. The fourth-order valence-electron chi connectivity index (χ4n) is 3.37. The number of sulfonamides is 1. The molecular weight excluding hydrogens is 396 g/mol. The molecule has 3 aromatic rings. The third-order valence-electron chi connectivity index (χ3n) is 4.81. The second-order valence-electron chi connectivity index (χ2n) is 7.11. The Kier molecular flexibility index (Phi) is 6.90. The summed E-state index contributed by atoms with van der Waals surface area (Å²) >= 11 is 0. The lowest BCUT2D eigenvalue weighted by Gasteiger charge is -2.24. The summed E-state index contributed by atoms with van der Waals surface area (Å²) < 4.78 is 25.2. The van der Waals surface area contributed by atoms with Crippen molar-refractivity contribution in [2.24, 2.45) is 0 Å². The first-order valence-corrected chi connectivity index (χ1v) is 11.7. The Morgan fingerprint density at radius 3 is 1.63 bits per heavy atom. The summed E-state index contributed by atoms with van der Waals surface area (Å²) in [6, 6.07) is 26.5. The first-order chi connectivity index (χ1) is 14.4. The molecule has 30 heavy (non-hydrogen) atoms. The third kappa shape index (κ3) is 5.48. The summed E-state index contributed by atoms with van der Waals surface area (Å²) in [6.45, 7) is 3.09. The number of anilines is 1. The molecule has 0 N–H and O–H groups in total. The highest BCUT2D eigenvalue weighted by atomic mass is 32.2. The van der Waals surface area contributed by atoms with E-state index in [1.165, 1.54) is 10.6 Å². The highest BCUT2D eigenvalue weighted by Crippen LogP contribution is 2.20. The van der Waals surface area contributed by atoms with Gasteiger partial charge in [0, 0.05) is 25.2 Å². The summed E-state index contributed by atoms with van der Waals surface area (Å²) in [5.74, 6) is -0.100. The summed E-state index contributed by atoms with van der Waals surface area (Å²) in [4.78, 5) is 15.1. The Morgan fingerprint density at radius 1 is 0.767 bits per heavy atom. The van der Waals surface area contributed by atoms with E-state index in [0.29, 0.717) is 30.9 Å². The van der Waals surface area contributed by atoms with Gasteiger partial charge in [-0.1, -0.05) is 60.7 Å². The highest BCUT2D eigenvalue weighted by molar-refractivity contribution is 7.92. The van der Waals surface area contributed by atoms with Gasteiger partial charge in [0.1, 0.15) is 0 Å². The number of rotatable bonds is 8. The molecule has 3 aromatic carbocycles. The van der Waals surface area contributed by atoms with Crippen LogP contribution in [0.5, 0.6) is 0 Å². The van der Waals surface area contributed by atoms with Crippen molar-refractivity contribution in [3.8, 4) is 0 Å². The second-order valence-corrected chi connectivity index (χ2v) is 9.01. The van der Waals surface area contributed by atoms with E-state index in [4.69, 9.17) is 0 Å². The maximum atomic E-state index is 13.3. The summed E-state index contributed by atoms with van der Waals surface area (Å²) in [7, 11) is -3.36. The Morgan fingerprint density at radius 2 is 1.23 bits per heavy atom. The molecule has 0 aromatic heterocycles. The average Bonchev–Trinajstić information content (AvgIpc) is 2.74. The minimum absolute atomic E-state index is 0.100. The number of hydrogen-bond donors (Lipinski definition) is 0. The van der Waals surface area contributed by atoms with Crippen LogP contribution >= 0.6 is 0 Å². The lowest BCUT2D eigenvalue weighted by atomic mass is 10.1. The van der Waals surface area contributed by atoms with Crippen LogP contribution in [0, 0.1) is 0 Å². The molecule has 0 heterocycles. The predicted octanol–water partition coefficient (Wildman–Crippen LogP) is 4.32. The van der Waals surface area contributed by atoms with Gasteiger partial charge in [-0.25, -0.2) is 8.42 Å². The first-order valence-electron chi connectivity index (χ1n) is 9.83. The number of hydrogen-bond acceptors (Lipinski definition) is 3. The van der Waals surface area contributed by atoms with E-state index in [1.807, 2.05) is 60.7 Å². The molecule has 0 saturated heterocycles. The Bertz CT molecular complexity index is 1020. The van der Waals surface area contributed by atoms with Crippen molar-refractivity contribution in [3.63, 3.8) is 0 Å². The van der Waals surface area contributed by atoms with Gasteiger partial charge in [0.05, 0.1) is 11.9 Å². The van der Waals surface area contributed by atoms with Crippen molar-refractivity contribution in [1.82, 2.24) is 4.90 Å². The molecule has 0 aliphatic heterocycles. The summed E-state index contributed by atoms with van der Waals surface area (Å²) in [5, 5.41) is 0. The van der Waals surface area contributed by atoms with Crippen LogP contribution < -0.4 is 4.31 Å². The molecule has 3 rings (SSSR count). The molecule has 0 spiro atoms. The largest absolute Gasteiger partial charge is 0.330 e. The van der Waals surface area contributed by atoms with Crippen molar-refractivity contribution >= 4 is 21.6 Å². The monoisotopic (exact) mass is 422 g/mol. The lowest BCUT2D eigenvalue weighted by Crippen LogP contribution is -2.31. The van der Waals surface area contributed by atoms with E-state index < -0.39 is 10.0 Å². The van der Waals surface area contributed by atoms with E-state index >= 15 is 0 Å². The summed E-state index contributed by atoms with van der Waals surface area (Å²) in [6.07, 6.45) is 1.18. The minimum atomic E-state index is -3.36. The van der Waals surface area contributed by atoms with E-state index in [2.05, 4.69) is 0 Å². The van der Waals surface area contributed by atoms with E-state index in [-0.39, 0.29) is 5.91 Å². The van der Waals surface area contributed by atoms with Crippen LogP contribution in [0.1, 0.15) is 28.4 Å². The fraction of sp³-hybridized carbons (Fsp3) is 0.208. The van der Waals surface area contributed by atoms with E-state index in [0.717, 1.165) is 11.1 Å². The standard InChI is InChI=1S/C24H26N2O3S/c1-3-26(30(2,28)29)23-16-14-22(15-17-23)24(27)25(18-20-10-6-4-7-11-20)19-21-12-8-5-9-13-21/h4-17H,3,18-19H2,1-2H3. The molecular formula is C24H26N2O3S. The van der Waals surface area contributed by atoms with Crippen molar-refractivity contribution in [2.75, 3.05) is 17.1 Å². The molecule has 0 aliphatic carbocycles. The normalized spacial score (nSPS) is 11.1. The Labute approximate surface area is 178 Å². The maximum Gasteiger partial charge on any atom is 0.254 e. The van der Waals surface area contributed by atoms with E-state index in [1.54, 1.807) is 36.1 Å². The van der Waals surface area contributed by atoms with Gasteiger partial charge >= 0.3 is 0 Å². The molecule has 0 saturated carbocycles. The Balaban J connectivity index is 1.86. The SMILES string of the molecule is CCN(c1ccc(C(=O)N(Cc2ccccc2)Cc2ccccc2)cc1)S(C)(=O)=O. The molecule has 6 heteroatoms. The van der Waals surface area contributed by atoms with Crippen molar-refractivity contribution in [3.05, 3.63) is 102 Å². The first kappa shape index (κ1) is 21.6. The molecule has 0 radical (unpaired) electrons. The van der Waals surface area contributed by atoms with Gasteiger partial charge in [0.25, 0.3) is 5.91 Å². The highest BCUT2D eigenvalue weighted by Gasteiger charge is 2.19. The van der Waals surface area contributed by atoms with Gasteiger partial charge in [-0.05, 0) is 42.3 Å². The zero-order chi connectivity index (χ0) is 21.6. The molecule has 5 nitrogen and oxygen atoms in total. The van der Waals surface area contributed by atoms with Crippen molar-refractivity contribution < 1.29 is 13.2 Å². The minimum Gasteiger partial charge on any atom is -0.330 e. The van der Waals surface area contributed by atoms with Gasteiger partial charge in [0.15, 0.2) is 0 Å². The quantitative estimate of drug-likeness (QED) is 0.543. The smallest absolute Gasteiger partial charge is 0.254 e. The fourth-order valence-corrected chi connectivity index (χ4v) is 4.34.